The first-order valence-electron chi connectivity index (χ1n) is 8.76. The molecular weight excluding hydrogens is 266 g/mol. The second-order valence-electron chi connectivity index (χ2n) is 7.03. The molecule has 21 heavy (non-hydrogen) atoms. The summed E-state index contributed by atoms with van der Waals surface area (Å²) in [6.45, 7) is 7.35. The largest absolute Gasteiger partial charge is 0.389 e. The predicted molar refractivity (Wildman–Crippen MR) is 84.4 cm³/mol. The highest BCUT2D eigenvalue weighted by Crippen LogP contribution is 2.25. The maximum atomic E-state index is 10.1. The van der Waals surface area contributed by atoms with Gasteiger partial charge in [-0.05, 0) is 44.4 Å². The van der Waals surface area contributed by atoms with Crippen LogP contribution in [-0.4, -0.2) is 49.7 Å². The highest BCUT2D eigenvalue weighted by Gasteiger charge is 2.22. The number of aliphatic hydroxyl groups is 1. The Morgan fingerprint density at radius 3 is 2.71 bits per heavy atom. The Bertz CT molecular complexity index is 281. The monoisotopic (exact) mass is 299 g/mol. The zero-order valence-electron chi connectivity index (χ0n) is 13.7. The first-order chi connectivity index (χ1) is 10.1. The van der Waals surface area contributed by atoms with E-state index in [-0.39, 0.29) is 0 Å². The average molecular weight is 299 g/mol. The lowest BCUT2D eigenvalue weighted by molar-refractivity contribution is -0.0320. The van der Waals surface area contributed by atoms with Crippen molar-refractivity contribution in [3.63, 3.8) is 0 Å². The van der Waals surface area contributed by atoms with Crippen LogP contribution in [0.1, 0.15) is 52.4 Å². The molecule has 0 radical (unpaired) electrons. The molecule has 4 atom stereocenters. The molecule has 4 heteroatoms. The maximum absolute atomic E-state index is 10.1. The fourth-order valence-electron chi connectivity index (χ4n) is 3.54. The predicted octanol–water partition coefficient (Wildman–Crippen LogP) is 2.35. The first-order valence-corrected chi connectivity index (χ1v) is 8.76. The van der Waals surface area contributed by atoms with Crippen molar-refractivity contribution in [1.29, 1.82) is 0 Å². The summed E-state index contributed by atoms with van der Waals surface area (Å²) in [5, 5.41) is 13.5. The van der Waals surface area contributed by atoms with Gasteiger partial charge in [0.1, 0.15) is 0 Å². The molecule has 2 rings (SSSR count). The van der Waals surface area contributed by atoms with Crippen LogP contribution < -0.4 is 5.32 Å². The highest BCUT2D eigenvalue weighted by molar-refractivity contribution is 4.76. The molecule has 0 aromatic rings. The zero-order chi connectivity index (χ0) is 15.1. The molecule has 1 aliphatic carbocycles. The third-order valence-electron chi connectivity index (χ3n) is 5.06. The van der Waals surface area contributed by atoms with Crippen molar-refractivity contribution in [2.45, 2.75) is 70.6 Å². The summed E-state index contributed by atoms with van der Waals surface area (Å²) in [4.78, 5) is 0. The minimum Gasteiger partial charge on any atom is -0.389 e. The van der Waals surface area contributed by atoms with Gasteiger partial charge in [-0.25, -0.2) is 0 Å². The summed E-state index contributed by atoms with van der Waals surface area (Å²) in [6, 6.07) is 0.443. The molecule has 1 saturated carbocycles. The lowest BCUT2D eigenvalue weighted by Gasteiger charge is -2.30. The normalized spacial score (nSPS) is 31.0. The van der Waals surface area contributed by atoms with Crippen LogP contribution in [0.3, 0.4) is 0 Å². The second kappa shape index (κ2) is 9.09. The van der Waals surface area contributed by atoms with Gasteiger partial charge in [0.25, 0.3) is 0 Å². The number of ether oxygens (including phenoxy) is 2. The first kappa shape index (κ1) is 17.2. The number of hydrogen-bond acceptors (Lipinski definition) is 4. The number of aliphatic hydroxyl groups excluding tert-OH is 1. The average Bonchev–Trinajstić information content (AvgIpc) is 2.51. The summed E-state index contributed by atoms with van der Waals surface area (Å²) in [6.07, 6.45) is 7.11. The molecule has 2 N–H and O–H groups in total. The molecule has 124 valence electrons. The van der Waals surface area contributed by atoms with E-state index in [1.807, 2.05) is 0 Å². The fourth-order valence-corrected chi connectivity index (χ4v) is 3.54. The summed E-state index contributed by atoms with van der Waals surface area (Å²) in [7, 11) is 0. The lowest BCUT2D eigenvalue weighted by atomic mass is 9.89. The molecule has 0 aromatic carbocycles. The lowest BCUT2D eigenvalue weighted by Crippen LogP contribution is -2.42. The maximum Gasteiger partial charge on any atom is 0.0897 e. The molecule has 0 aromatic heterocycles. The number of nitrogens with one attached hydrogen (secondary N) is 1. The van der Waals surface area contributed by atoms with Crippen LogP contribution in [0, 0.1) is 11.8 Å². The van der Waals surface area contributed by atoms with Gasteiger partial charge >= 0.3 is 0 Å². The van der Waals surface area contributed by atoms with Gasteiger partial charge in [-0.1, -0.05) is 19.8 Å². The van der Waals surface area contributed by atoms with Crippen LogP contribution in [-0.2, 0) is 9.47 Å². The zero-order valence-corrected chi connectivity index (χ0v) is 13.7. The Labute approximate surface area is 129 Å². The second-order valence-corrected chi connectivity index (χ2v) is 7.03. The molecule has 0 bridgehead atoms. The third-order valence-corrected chi connectivity index (χ3v) is 5.06. The van der Waals surface area contributed by atoms with Gasteiger partial charge < -0.3 is 19.9 Å². The van der Waals surface area contributed by atoms with Crippen LogP contribution in [0.2, 0.25) is 0 Å². The molecule has 4 unspecified atom stereocenters. The molecular formula is C17H33NO3. The van der Waals surface area contributed by atoms with Crippen molar-refractivity contribution in [3.05, 3.63) is 0 Å². The van der Waals surface area contributed by atoms with E-state index in [2.05, 4.69) is 19.2 Å². The van der Waals surface area contributed by atoms with Gasteiger partial charge in [-0.3, -0.25) is 0 Å². The van der Waals surface area contributed by atoms with Crippen molar-refractivity contribution in [1.82, 2.24) is 5.32 Å². The van der Waals surface area contributed by atoms with E-state index in [1.165, 1.54) is 12.8 Å². The number of rotatable bonds is 7. The molecule has 2 aliphatic rings. The summed E-state index contributed by atoms with van der Waals surface area (Å²) in [5.74, 6) is 1.44. The smallest absolute Gasteiger partial charge is 0.0897 e. The van der Waals surface area contributed by atoms with Crippen LogP contribution >= 0.6 is 0 Å². The Morgan fingerprint density at radius 2 is 2.00 bits per heavy atom. The highest BCUT2D eigenvalue weighted by atomic mass is 16.5. The summed E-state index contributed by atoms with van der Waals surface area (Å²) < 4.78 is 11.3. The Hall–Kier alpha value is -0.160. The van der Waals surface area contributed by atoms with Gasteiger partial charge in [-0.2, -0.15) is 0 Å². The third kappa shape index (κ3) is 6.23. The van der Waals surface area contributed by atoms with E-state index in [4.69, 9.17) is 9.47 Å². The summed E-state index contributed by atoms with van der Waals surface area (Å²) >= 11 is 0. The van der Waals surface area contributed by atoms with Crippen LogP contribution in [0.25, 0.3) is 0 Å². The van der Waals surface area contributed by atoms with Gasteiger partial charge in [0.05, 0.1) is 18.8 Å². The topological polar surface area (TPSA) is 50.7 Å². The molecule has 4 nitrogen and oxygen atoms in total. The van der Waals surface area contributed by atoms with Crippen molar-refractivity contribution in [2.24, 2.45) is 11.8 Å². The molecule has 0 amide bonds. The van der Waals surface area contributed by atoms with Crippen LogP contribution in [0.5, 0.6) is 0 Å². The number of hydrogen-bond donors (Lipinski definition) is 2. The van der Waals surface area contributed by atoms with Crippen molar-refractivity contribution >= 4 is 0 Å². The molecule has 1 saturated heterocycles. The summed E-state index contributed by atoms with van der Waals surface area (Å²) in [5.41, 5.74) is 0. The van der Waals surface area contributed by atoms with Crippen molar-refractivity contribution in [3.8, 4) is 0 Å². The molecule has 2 fully saturated rings. The quantitative estimate of drug-likeness (QED) is 0.757. The van der Waals surface area contributed by atoms with E-state index >= 15 is 0 Å². The SMILES string of the molecule is CC1CCCC(OCC(O)CNC(C)C2CCOCC2)C1. The molecule has 1 aliphatic heterocycles. The molecule has 0 spiro atoms. The van der Waals surface area contributed by atoms with Gasteiger partial charge in [0.2, 0.25) is 0 Å². The molecule has 1 heterocycles. The van der Waals surface area contributed by atoms with Crippen LogP contribution in [0.4, 0.5) is 0 Å². The standard InChI is InChI=1S/C17H33NO3/c1-13-4-3-5-17(10-13)21-12-16(19)11-18-14(2)15-6-8-20-9-7-15/h13-19H,3-12H2,1-2H3. The Morgan fingerprint density at radius 1 is 1.24 bits per heavy atom. The van der Waals surface area contributed by atoms with Crippen molar-refractivity contribution in [2.75, 3.05) is 26.4 Å². The van der Waals surface area contributed by atoms with E-state index in [0.717, 1.165) is 44.8 Å². The minimum absolute atomic E-state index is 0.358. The fraction of sp³-hybridized carbons (Fsp3) is 1.00. The van der Waals surface area contributed by atoms with Crippen molar-refractivity contribution < 1.29 is 14.6 Å². The van der Waals surface area contributed by atoms with Crippen LogP contribution in [0.15, 0.2) is 0 Å². The Balaban J connectivity index is 1.57. The van der Waals surface area contributed by atoms with Gasteiger partial charge in [-0.15, -0.1) is 0 Å². The van der Waals surface area contributed by atoms with Gasteiger partial charge in [0.15, 0.2) is 0 Å². The van der Waals surface area contributed by atoms with E-state index < -0.39 is 6.10 Å². The van der Waals surface area contributed by atoms with Gasteiger partial charge in [0, 0.05) is 25.8 Å². The van der Waals surface area contributed by atoms with E-state index in [0.29, 0.717) is 31.2 Å². The van der Waals surface area contributed by atoms with E-state index in [1.54, 1.807) is 0 Å². The van der Waals surface area contributed by atoms with E-state index in [9.17, 15) is 5.11 Å². The minimum atomic E-state index is -0.399. The Kier molecular flexibility index (Phi) is 7.44.